The topological polar surface area (TPSA) is 12.0 Å². The van der Waals surface area contributed by atoms with Crippen LogP contribution in [0.2, 0.25) is 39.3 Å². The van der Waals surface area contributed by atoms with E-state index in [-0.39, 0.29) is 29.6 Å². The molecule has 57 valence electrons. The first-order valence-corrected chi connectivity index (χ1v) is 10.5. The minimum atomic E-state index is -0.981. The first kappa shape index (κ1) is 13.9. The van der Waals surface area contributed by atoms with Crippen LogP contribution in [0.15, 0.2) is 0 Å². The standard InChI is InChI=1S/C6H19NSi2.Na/c1-8(2,3)7-9(4,5)6;/h7H,1-6H3;. The van der Waals surface area contributed by atoms with E-state index in [2.05, 4.69) is 43.9 Å². The van der Waals surface area contributed by atoms with Gasteiger partial charge in [-0.15, -0.1) is 0 Å². The van der Waals surface area contributed by atoms with Gasteiger partial charge in [-0.05, 0) is 0 Å². The van der Waals surface area contributed by atoms with Gasteiger partial charge in [0, 0.05) is 29.6 Å². The third-order valence-electron chi connectivity index (χ3n) is 0.750. The van der Waals surface area contributed by atoms with Crippen molar-refractivity contribution in [3.8, 4) is 0 Å². The molecule has 0 unspecified atom stereocenters. The summed E-state index contributed by atoms with van der Waals surface area (Å²) in [6, 6.07) is 0. The van der Waals surface area contributed by atoms with E-state index in [1.807, 2.05) is 0 Å². The average Bonchev–Trinajstić information content (AvgIpc) is 1.14. The van der Waals surface area contributed by atoms with Crippen LogP contribution in [0.5, 0.6) is 0 Å². The zero-order valence-electron chi connectivity index (χ0n) is 8.50. The van der Waals surface area contributed by atoms with E-state index in [4.69, 9.17) is 0 Å². The molecule has 1 N–H and O–H groups in total. The Balaban J connectivity index is 0. The monoisotopic (exact) mass is 184 g/mol. The molecule has 0 heterocycles. The largest absolute Gasteiger partial charge is 0.360 e. The first-order chi connectivity index (χ1) is 3.71. The zero-order chi connectivity index (χ0) is 7.71. The second-order valence-electron chi connectivity index (χ2n) is 4.62. The molecule has 0 aromatic carbocycles. The van der Waals surface area contributed by atoms with E-state index in [1.165, 1.54) is 0 Å². The van der Waals surface area contributed by atoms with Crippen molar-refractivity contribution in [3.63, 3.8) is 0 Å². The quantitative estimate of drug-likeness (QED) is 0.646. The van der Waals surface area contributed by atoms with Gasteiger partial charge >= 0.3 is 0 Å². The van der Waals surface area contributed by atoms with E-state index in [1.54, 1.807) is 0 Å². The summed E-state index contributed by atoms with van der Waals surface area (Å²) in [4.78, 5) is 0. The molecule has 1 radical (unpaired) electrons. The van der Waals surface area contributed by atoms with Gasteiger partial charge in [-0.3, -0.25) is 0 Å². The Hall–Kier alpha value is 1.39. The maximum absolute atomic E-state index is 3.74. The van der Waals surface area contributed by atoms with Crippen molar-refractivity contribution < 1.29 is 0 Å². The van der Waals surface area contributed by atoms with Crippen LogP contribution in [0, 0.1) is 0 Å². The molecule has 0 aromatic heterocycles. The average molecular weight is 184 g/mol. The van der Waals surface area contributed by atoms with E-state index >= 15 is 0 Å². The maximum atomic E-state index is 3.74. The van der Waals surface area contributed by atoms with E-state index in [9.17, 15) is 0 Å². The molecule has 0 atom stereocenters. The minimum Gasteiger partial charge on any atom is -0.360 e. The van der Waals surface area contributed by atoms with Crippen LogP contribution in [0.25, 0.3) is 0 Å². The summed E-state index contributed by atoms with van der Waals surface area (Å²) in [6.45, 7) is 14.1. The fourth-order valence-electron chi connectivity index (χ4n) is 1.12. The Kier molecular flexibility index (Phi) is 6.18. The third-order valence-corrected chi connectivity index (χ3v) is 6.75. The molecule has 0 amide bonds. The molecule has 0 fully saturated rings. The number of hydrogen-bond donors (Lipinski definition) is 1. The van der Waals surface area contributed by atoms with Crippen LogP contribution in [0.3, 0.4) is 0 Å². The molecular formula is C6H19NNaSi2. The van der Waals surface area contributed by atoms with Gasteiger partial charge in [0.2, 0.25) is 0 Å². The molecule has 4 heteroatoms. The van der Waals surface area contributed by atoms with Crippen molar-refractivity contribution in [2.45, 2.75) is 39.3 Å². The SMILES string of the molecule is C[Si](C)(C)N[Si](C)(C)C.[Na]. The van der Waals surface area contributed by atoms with Gasteiger partial charge in [-0.25, -0.2) is 0 Å². The van der Waals surface area contributed by atoms with Crippen molar-refractivity contribution >= 4 is 46.0 Å². The van der Waals surface area contributed by atoms with Crippen LogP contribution in [0.4, 0.5) is 0 Å². The molecular weight excluding hydrogens is 165 g/mol. The Labute approximate surface area is 89.4 Å². The van der Waals surface area contributed by atoms with Gasteiger partial charge in [-0.1, -0.05) is 39.3 Å². The van der Waals surface area contributed by atoms with Crippen molar-refractivity contribution in [3.05, 3.63) is 0 Å². The first-order valence-electron chi connectivity index (χ1n) is 3.50. The van der Waals surface area contributed by atoms with Gasteiger partial charge < -0.3 is 4.65 Å². The molecule has 0 aliphatic carbocycles. The summed E-state index contributed by atoms with van der Waals surface area (Å²) in [6.07, 6.45) is 0. The predicted octanol–water partition coefficient (Wildman–Crippen LogP) is 1.86. The summed E-state index contributed by atoms with van der Waals surface area (Å²) in [5.41, 5.74) is 0. The fourth-order valence-corrected chi connectivity index (χ4v) is 10.1. The summed E-state index contributed by atoms with van der Waals surface area (Å²) in [7, 11) is -1.96. The Morgan fingerprint density at radius 1 is 0.700 bits per heavy atom. The summed E-state index contributed by atoms with van der Waals surface area (Å²) in [5.74, 6) is 0. The van der Waals surface area contributed by atoms with E-state index in [0.717, 1.165) is 0 Å². The number of hydrogen-bond acceptors (Lipinski definition) is 1. The normalized spacial score (nSPS) is 12.6. The smallest absolute Gasteiger partial charge is 0.109 e. The van der Waals surface area contributed by atoms with Crippen molar-refractivity contribution in [1.29, 1.82) is 0 Å². The minimum absolute atomic E-state index is 0. The maximum Gasteiger partial charge on any atom is 0.109 e. The number of nitrogens with one attached hydrogen (secondary N) is 1. The van der Waals surface area contributed by atoms with Crippen LogP contribution in [-0.4, -0.2) is 46.0 Å². The number of rotatable bonds is 2. The second-order valence-corrected chi connectivity index (χ2v) is 14.6. The molecule has 0 spiro atoms. The molecule has 0 rings (SSSR count). The van der Waals surface area contributed by atoms with Crippen LogP contribution in [-0.2, 0) is 0 Å². The summed E-state index contributed by atoms with van der Waals surface area (Å²) in [5, 5.41) is 0. The van der Waals surface area contributed by atoms with Gasteiger partial charge in [0.05, 0.1) is 0 Å². The molecule has 0 saturated carbocycles. The summed E-state index contributed by atoms with van der Waals surface area (Å²) >= 11 is 0. The molecule has 0 saturated heterocycles. The molecule has 0 aliphatic heterocycles. The Bertz CT molecular complexity index is 80.9. The molecule has 0 bridgehead atoms. The zero-order valence-corrected chi connectivity index (χ0v) is 12.5. The van der Waals surface area contributed by atoms with Crippen molar-refractivity contribution in [2.24, 2.45) is 0 Å². The van der Waals surface area contributed by atoms with Gasteiger partial charge in [0.15, 0.2) is 0 Å². The van der Waals surface area contributed by atoms with Crippen LogP contribution >= 0.6 is 0 Å². The third kappa shape index (κ3) is 12.1. The van der Waals surface area contributed by atoms with Crippen LogP contribution in [0.1, 0.15) is 0 Å². The van der Waals surface area contributed by atoms with Crippen molar-refractivity contribution in [2.75, 3.05) is 0 Å². The Morgan fingerprint density at radius 3 is 0.900 bits per heavy atom. The van der Waals surface area contributed by atoms with Gasteiger partial charge in [0.25, 0.3) is 0 Å². The molecule has 1 nitrogen and oxygen atoms in total. The fraction of sp³-hybridized carbons (Fsp3) is 1.00. The van der Waals surface area contributed by atoms with Crippen molar-refractivity contribution in [1.82, 2.24) is 4.65 Å². The Morgan fingerprint density at radius 2 is 0.900 bits per heavy atom. The van der Waals surface area contributed by atoms with Crippen LogP contribution < -0.4 is 4.65 Å². The van der Waals surface area contributed by atoms with Gasteiger partial charge in [0.1, 0.15) is 16.5 Å². The van der Waals surface area contributed by atoms with E-state index < -0.39 is 16.5 Å². The predicted molar refractivity (Wildman–Crippen MR) is 55.6 cm³/mol. The molecule has 0 aliphatic rings. The molecule has 0 aromatic rings. The van der Waals surface area contributed by atoms with Gasteiger partial charge in [-0.2, -0.15) is 0 Å². The second kappa shape index (κ2) is 4.43. The molecule has 10 heavy (non-hydrogen) atoms. The van der Waals surface area contributed by atoms with E-state index in [0.29, 0.717) is 0 Å². The summed E-state index contributed by atoms with van der Waals surface area (Å²) < 4.78 is 3.74.